The van der Waals surface area contributed by atoms with E-state index in [0.29, 0.717) is 30.3 Å². The molecule has 0 saturated carbocycles. The summed E-state index contributed by atoms with van der Waals surface area (Å²) in [6.45, 7) is 0.491. The van der Waals surface area contributed by atoms with Crippen molar-refractivity contribution in [1.82, 2.24) is 10.2 Å². The van der Waals surface area contributed by atoms with Gasteiger partial charge in [0.05, 0.1) is 0 Å². The molecule has 0 aliphatic carbocycles. The zero-order valence-electron chi connectivity index (χ0n) is 15.9. The molecule has 6 heteroatoms. The molecule has 28 heavy (non-hydrogen) atoms. The Morgan fingerprint density at radius 2 is 1.82 bits per heavy atom. The molecule has 0 spiro atoms. The van der Waals surface area contributed by atoms with E-state index in [1.807, 2.05) is 48.5 Å². The van der Waals surface area contributed by atoms with Gasteiger partial charge in [0.15, 0.2) is 0 Å². The van der Waals surface area contributed by atoms with Crippen LogP contribution < -0.4 is 10.1 Å². The predicted molar refractivity (Wildman–Crippen MR) is 117 cm³/mol. The minimum Gasteiger partial charge on any atom is -0.490 e. The minimum absolute atomic E-state index is 0. The van der Waals surface area contributed by atoms with Gasteiger partial charge >= 0.3 is 0 Å². The summed E-state index contributed by atoms with van der Waals surface area (Å²) in [5, 5.41) is 2.98. The van der Waals surface area contributed by atoms with Gasteiger partial charge < -0.3 is 15.0 Å². The zero-order valence-corrected chi connectivity index (χ0v) is 18.3. The number of amides is 1. The number of nitrogens with zero attached hydrogens (tertiary/aromatic N) is 1. The van der Waals surface area contributed by atoms with Crippen molar-refractivity contribution in [1.29, 1.82) is 0 Å². The third-order valence-corrected chi connectivity index (χ3v) is 6.34. The van der Waals surface area contributed by atoms with Crippen LogP contribution in [0.4, 0.5) is 0 Å². The second-order valence-corrected chi connectivity index (χ2v) is 8.51. The largest absolute Gasteiger partial charge is 0.490 e. The topological polar surface area (TPSA) is 41.6 Å². The van der Waals surface area contributed by atoms with Crippen LogP contribution in [-0.4, -0.2) is 36.0 Å². The second kappa shape index (κ2) is 9.29. The molecule has 2 aliphatic heterocycles. The van der Waals surface area contributed by atoms with Crippen LogP contribution in [0.1, 0.15) is 41.6 Å². The fourth-order valence-corrected chi connectivity index (χ4v) is 4.53. The Morgan fingerprint density at radius 3 is 2.50 bits per heavy atom. The van der Waals surface area contributed by atoms with Crippen LogP contribution in [0.25, 0.3) is 0 Å². The van der Waals surface area contributed by atoms with Gasteiger partial charge in [0, 0.05) is 28.7 Å². The van der Waals surface area contributed by atoms with Crippen molar-refractivity contribution in [2.75, 3.05) is 7.05 Å². The van der Waals surface area contributed by atoms with Crippen LogP contribution in [0, 0.1) is 0 Å². The number of nitrogens with one attached hydrogen (secondary N) is 1. The maximum atomic E-state index is 12.3. The Morgan fingerprint density at radius 1 is 1.14 bits per heavy atom. The van der Waals surface area contributed by atoms with Gasteiger partial charge in [0.2, 0.25) is 0 Å². The monoisotopic (exact) mass is 464 g/mol. The quantitative estimate of drug-likeness (QED) is 0.689. The van der Waals surface area contributed by atoms with Crippen molar-refractivity contribution in [2.45, 2.75) is 50.4 Å². The van der Waals surface area contributed by atoms with Crippen LogP contribution in [-0.2, 0) is 6.54 Å². The number of hydrogen-bond donors (Lipinski definition) is 1. The summed E-state index contributed by atoms with van der Waals surface area (Å²) in [6.07, 6.45) is 5.10. The molecule has 3 atom stereocenters. The number of piperidine rings is 1. The number of rotatable bonds is 5. The molecule has 4 nitrogen and oxygen atoms in total. The van der Waals surface area contributed by atoms with Gasteiger partial charge in [-0.25, -0.2) is 0 Å². The first kappa shape index (κ1) is 21.2. The Balaban J connectivity index is 0.00000225. The van der Waals surface area contributed by atoms with E-state index >= 15 is 0 Å². The number of benzene rings is 2. The lowest BCUT2D eigenvalue weighted by Crippen LogP contribution is -2.43. The average Bonchev–Trinajstić information content (AvgIpc) is 2.88. The highest BCUT2D eigenvalue weighted by Crippen LogP contribution is 2.36. The van der Waals surface area contributed by atoms with E-state index in [1.165, 1.54) is 12.8 Å². The summed E-state index contributed by atoms with van der Waals surface area (Å²) in [6, 6.07) is 16.8. The van der Waals surface area contributed by atoms with Crippen LogP contribution >= 0.6 is 28.3 Å². The fraction of sp³-hybridized carbons (Fsp3) is 0.409. The first-order chi connectivity index (χ1) is 13.1. The number of halogens is 2. The summed E-state index contributed by atoms with van der Waals surface area (Å²) >= 11 is 3.39. The standard InChI is InChI=1S/C22H25BrN2O2.ClH/c1-25-18-9-10-19(25)13-21(12-18)27-20-4-2-3-15(11-20)14-24-22(26)16-5-7-17(23)8-6-16;/h2-8,11,18-19,21H,9-10,12-14H2,1H3,(H,24,26);1H/t18-,19+,21+;. The van der Waals surface area contributed by atoms with Gasteiger partial charge in [0.25, 0.3) is 5.91 Å². The lowest BCUT2D eigenvalue weighted by atomic mass is 10.0. The number of hydrogen-bond acceptors (Lipinski definition) is 3. The van der Waals surface area contributed by atoms with E-state index in [1.54, 1.807) is 0 Å². The Kier molecular flexibility index (Phi) is 7.02. The Labute approximate surface area is 181 Å². The van der Waals surface area contributed by atoms with Crippen LogP contribution in [0.2, 0.25) is 0 Å². The highest BCUT2D eigenvalue weighted by molar-refractivity contribution is 9.10. The van der Waals surface area contributed by atoms with Crippen LogP contribution in [0.3, 0.4) is 0 Å². The molecule has 2 heterocycles. The second-order valence-electron chi connectivity index (χ2n) is 7.60. The third kappa shape index (κ3) is 4.88. The van der Waals surface area contributed by atoms with Crippen molar-refractivity contribution in [3.8, 4) is 5.75 Å². The van der Waals surface area contributed by atoms with Crippen LogP contribution in [0.15, 0.2) is 53.0 Å². The molecule has 0 radical (unpaired) electrons. The molecule has 2 aromatic rings. The van der Waals surface area contributed by atoms with E-state index in [9.17, 15) is 4.79 Å². The lowest BCUT2D eigenvalue weighted by Gasteiger charge is -2.36. The number of carbonyl (C=O) groups excluding carboxylic acids is 1. The highest BCUT2D eigenvalue weighted by Gasteiger charge is 2.39. The van der Waals surface area contributed by atoms with Crippen molar-refractivity contribution < 1.29 is 9.53 Å². The van der Waals surface area contributed by atoms with Gasteiger partial charge in [0.1, 0.15) is 11.9 Å². The lowest BCUT2D eigenvalue weighted by molar-refractivity contribution is 0.0661. The molecule has 4 rings (SSSR count). The molecular weight excluding hydrogens is 440 g/mol. The molecule has 0 unspecified atom stereocenters. The number of fused-ring (bicyclic) bond motifs is 2. The van der Waals surface area contributed by atoms with Gasteiger partial charge in [-0.3, -0.25) is 4.79 Å². The molecule has 2 saturated heterocycles. The van der Waals surface area contributed by atoms with E-state index in [0.717, 1.165) is 28.6 Å². The summed E-state index contributed by atoms with van der Waals surface area (Å²) < 4.78 is 7.25. The number of carbonyl (C=O) groups is 1. The van der Waals surface area contributed by atoms with E-state index in [2.05, 4.69) is 33.2 Å². The Hall–Kier alpha value is -1.56. The molecule has 2 aliphatic rings. The van der Waals surface area contributed by atoms with Crippen molar-refractivity contribution in [3.05, 3.63) is 64.1 Å². The average molecular weight is 466 g/mol. The molecule has 1 N–H and O–H groups in total. The molecule has 150 valence electrons. The maximum absolute atomic E-state index is 12.3. The van der Waals surface area contributed by atoms with Gasteiger partial charge in [-0.1, -0.05) is 28.1 Å². The summed E-state index contributed by atoms with van der Waals surface area (Å²) in [4.78, 5) is 14.8. The summed E-state index contributed by atoms with van der Waals surface area (Å²) in [5.74, 6) is 0.833. The summed E-state index contributed by atoms with van der Waals surface area (Å²) in [5.41, 5.74) is 1.71. The number of ether oxygens (including phenoxy) is 1. The summed E-state index contributed by atoms with van der Waals surface area (Å²) in [7, 11) is 2.24. The SMILES string of the molecule is CN1[C@@H]2CC[C@H]1C[C@@H](Oc1cccc(CNC(=O)c3ccc(Br)cc3)c1)C2.Cl. The van der Waals surface area contributed by atoms with Gasteiger partial charge in [-0.15, -0.1) is 12.4 Å². The smallest absolute Gasteiger partial charge is 0.251 e. The molecule has 2 bridgehead atoms. The minimum atomic E-state index is -0.0688. The molecule has 0 aromatic heterocycles. The molecular formula is C22H26BrClN2O2. The first-order valence-electron chi connectivity index (χ1n) is 9.60. The van der Waals surface area contributed by atoms with Crippen molar-refractivity contribution in [2.24, 2.45) is 0 Å². The third-order valence-electron chi connectivity index (χ3n) is 5.82. The molecule has 2 aromatic carbocycles. The van der Waals surface area contributed by atoms with E-state index in [-0.39, 0.29) is 18.3 Å². The van der Waals surface area contributed by atoms with Crippen molar-refractivity contribution >= 4 is 34.2 Å². The predicted octanol–water partition coefficient (Wildman–Crippen LogP) is 4.80. The fourth-order valence-electron chi connectivity index (χ4n) is 4.26. The Bertz CT molecular complexity index is 800. The zero-order chi connectivity index (χ0) is 18.8. The maximum Gasteiger partial charge on any atom is 0.251 e. The molecule has 2 fully saturated rings. The van der Waals surface area contributed by atoms with Gasteiger partial charge in [-0.2, -0.15) is 0 Å². The first-order valence-corrected chi connectivity index (χ1v) is 10.4. The van der Waals surface area contributed by atoms with Crippen LogP contribution in [0.5, 0.6) is 5.75 Å². The van der Waals surface area contributed by atoms with E-state index < -0.39 is 0 Å². The highest BCUT2D eigenvalue weighted by atomic mass is 79.9. The van der Waals surface area contributed by atoms with E-state index in [4.69, 9.17) is 4.74 Å². The van der Waals surface area contributed by atoms with Gasteiger partial charge in [-0.05, 0) is 74.7 Å². The van der Waals surface area contributed by atoms with Crippen molar-refractivity contribution in [3.63, 3.8) is 0 Å². The normalized spacial score (nSPS) is 23.7. The molecule has 1 amide bonds.